The van der Waals surface area contributed by atoms with E-state index >= 15 is 0 Å². The summed E-state index contributed by atoms with van der Waals surface area (Å²) in [6.07, 6.45) is 5.34. The molecule has 1 unspecified atom stereocenters. The van der Waals surface area contributed by atoms with E-state index < -0.39 is 15.2 Å². The molecule has 3 aromatic rings. The maximum Gasteiger partial charge on any atom is 0.234 e. The van der Waals surface area contributed by atoms with Crippen molar-refractivity contribution in [3.63, 3.8) is 0 Å². The first-order valence-electron chi connectivity index (χ1n) is 10.5. The van der Waals surface area contributed by atoms with E-state index in [4.69, 9.17) is 23.4 Å². The minimum Gasteiger partial charge on any atom is -0.354 e. The molecule has 4 rings (SSSR count). The van der Waals surface area contributed by atoms with Crippen molar-refractivity contribution in [3.05, 3.63) is 64.7 Å². The molecular formula is C24H23ClN4O3S2. The van der Waals surface area contributed by atoms with Crippen LogP contribution in [-0.2, 0) is 14.6 Å². The van der Waals surface area contributed by atoms with Gasteiger partial charge < -0.3 is 10.2 Å². The zero-order chi connectivity index (χ0) is 24.5. The summed E-state index contributed by atoms with van der Waals surface area (Å²) in [4.78, 5) is 15.4. The third kappa shape index (κ3) is 4.81. The van der Waals surface area contributed by atoms with Crippen molar-refractivity contribution in [3.8, 4) is 12.3 Å². The molecule has 1 saturated heterocycles. The molecule has 10 heteroatoms. The number of amidine groups is 1. The lowest BCUT2D eigenvalue weighted by Crippen LogP contribution is -2.50. The van der Waals surface area contributed by atoms with Gasteiger partial charge >= 0.3 is 0 Å². The Morgan fingerprint density at radius 3 is 2.71 bits per heavy atom. The van der Waals surface area contributed by atoms with Crippen LogP contribution in [0.25, 0.3) is 10.1 Å². The highest BCUT2D eigenvalue weighted by Gasteiger charge is 2.37. The number of carbonyl (C=O) groups excluding carboxylic acids is 1. The average Bonchev–Trinajstić information content (AvgIpc) is 3.23. The SMILES string of the molecule is C#CCN(C)C(=N)c1ccc(C(N2CCNC(=O)C2)S(=O)(=O)c2cc3ccc(Cl)cc3s2)cc1. The zero-order valence-corrected chi connectivity index (χ0v) is 20.8. The van der Waals surface area contributed by atoms with Crippen molar-refractivity contribution < 1.29 is 13.2 Å². The zero-order valence-electron chi connectivity index (χ0n) is 18.4. The fraction of sp³-hybridized carbons (Fsp3) is 0.250. The third-order valence-corrected chi connectivity index (χ3v) is 9.52. The highest BCUT2D eigenvalue weighted by atomic mass is 35.5. The summed E-state index contributed by atoms with van der Waals surface area (Å²) >= 11 is 7.26. The standard InChI is InChI=1S/C24H23ClN4O3S2/c1-3-11-28(2)23(26)16-4-6-17(7-5-16)24(29-12-10-27-21(30)15-29)34(31,32)22-13-18-8-9-19(25)14-20(18)33-22/h1,4-9,13-14,24,26H,10-12,15H2,2H3,(H,27,30). The summed E-state index contributed by atoms with van der Waals surface area (Å²) in [5, 5.41) is 11.3. The van der Waals surface area contributed by atoms with Crippen molar-refractivity contribution in [1.82, 2.24) is 15.1 Å². The van der Waals surface area contributed by atoms with E-state index in [2.05, 4.69) is 11.2 Å². The Morgan fingerprint density at radius 2 is 2.03 bits per heavy atom. The van der Waals surface area contributed by atoms with E-state index in [0.29, 0.717) is 29.2 Å². The van der Waals surface area contributed by atoms with Gasteiger partial charge in [-0.25, -0.2) is 8.42 Å². The van der Waals surface area contributed by atoms with Crippen LogP contribution in [0.4, 0.5) is 0 Å². The van der Waals surface area contributed by atoms with Gasteiger partial charge in [-0.3, -0.25) is 15.1 Å². The van der Waals surface area contributed by atoms with Crippen LogP contribution in [0.3, 0.4) is 0 Å². The Hall–Kier alpha value is -2.90. The van der Waals surface area contributed by atoms with Crippen LogP contribution in [0.2, 0.25) is 5.02 Å². The second-order valence-corrected chi connectivity index (χ2v) is 11.8. The molecule has 176 valence electrons. The molecule has 34 heavy (non-hydrogen) atoms. The number of nitrogens with one attached hydrogen (secondary N) is 2. The largest absolute Gasteiger partial charge is 0.354 e. The number of thiophene rings is 1. The van der Waals surface area contributed by atoms with E-state index in [1.54, 1.807) is 65.4 Å². The number of piperazine rings is 1. The number of amides is 1. The Bertz CT molecular complexity index is 1390. The van der Waals surface area contributed by atoms with E-state index in [9.17, 15) is 13.2 Å². The average molecular weight is 515 g/mol. The number of rotatable bonds is 6. The first-order chi connectivity index (χ1) is 16.2. The van der Waals surface area contributed by atoms with Crippen LogP contribution in [0, 0.1) is 17.8 Å². The minimum atomic E-state index is -3.88. The van der Waals surface area contributed by atoms with Crippen molar-refractivity contribution in [2.24, 2.45) is 0 Å². The lowest BCUT2D eigenvalue weighted by molar-refractivity contribution is -0.124. The maximum absolute atomic E-state index is 13.9. The van der Waals surface area contributed by atoms with E-state index in [-0.39, 0.29) is 29.0 Å². The summed E-state index contributed by atoms with van der Waals surface area (Å²) < 4.78 is 28.9. The molecule has 0 bridgehead atoms. The second-order valence-electron chi connectivity index (χ2n) is 8.00. The molecule has 2 N–H and O–H groups in total. The first kappa shape index (κ1) is 24.2. The molecule has 0 spiro atoms. The van der Waals surface area contributed by atoms with Gasteiger partial charge in [0.15, 0.2) is 0 Å². The lowest BCUT2D eigenvalue weighted by atomic mass is 10.1. The van der Waals surface area contributed by atoms with Crippen molar-refractivity contribution in [2.75, 3.05) is 33.2 Å². The molecular weight excluding hydrogens is 492 g/mol. The predicted molar refractivity (Wildman–Crippen MR) is 136 cm³/mol. The molecule has 2 heterocycles. The number of nitrogens with zero attached hydrogens (tertiary/aromatic N) is 2. The lowest BCUT2D eigenvalue weighted by Gasteiger charge is -2.33. The summed E-state index contributed by atoms with van der Waals surface area (Å²) in [7, 11) is -2.15. The fourth-order valence-electron chi connectivity index (χ4n) is 3.92. The smallest absolute Gasteiger partial charge is 0.234 e. The van der Waals surface area contributed by atoms with Gasteiger partial charge in [-0.2, -0.15) is 0 Å². The minimum absolute atomic E-state index is 0.0247. The summed E-state index contributed by atoms with van der Waals surface area (Å²) in [5.41, 5.74) is 1.15. The quantitative estimate of drug-likeness (QED) is 0.299. The van der Waals surface area contributed by atoms with Gasteiger partial charge in [-0.1, -0.05) is 47.9 Å². The Kier molecular flexibility index (Phi) is 6.96. The van der Waals surface area contributed by atoms with Crippen molar-refractivity contribution >= 4 is 54.6 Å². The van der Waals surface area contributed by atoms with Crippen LogP contribution >= 0.6 is 22.9 Å². The molecule has 1 amide bonds. The fourth-order valence-corrected chi connectivity index (χ4v) is 7.59. The Morgan fingerprint density at radius 1 is 1.29 bits per heavy atom. The number of hydrogen-bond donors (Lipinski definition) is 2. The van der Waals surface area contributed by atoms with Gasteiger partial charge in [0.2, 0.25) is 15.7 Å². The molecule has 1 aliphatic heterocycles. The normalized spacial score (nSPS) is 15.5. The molecule has 7 nitrogen and oxygen atoms in total. The molecule has 0 radical (unpaired) electrons. The van der Waals surface area contributed by atoms with Crippen molar-refractivity contribution in [1.29, 1.82) is 5.41 Å². The van der Waals surface area contributed by atoms with Crippen molar-refractivity contribution in [2.45, 2.75) is 9.58 Å². The van der Waals surface area contributed by atoms with E-state index in [1.807, 2.05) is 0 Å². The first-order valence-corrected chi connectivity index (χ1v) is 13.2. The van der Waals surface area contributed by atoms with Crippen LogP contribution in [-0.4, -0.2) is 63.2 Å². The summed E-state index contributed by atoms with van der Waals surface area (Å²) in [5.74, 6) is 2.52. The van der Waals surface area contributed by atoms with Crippen LogP contribution in [0.1, 0.15) is 16.5 Å². The maximum atomic E-state index is 13.9. The van der Waals surface area contributed by atoms with Crippen LogP contribution < -0.4 is 5.32 Å². The van der Waals surface area contributed by atoms with Gasteiger partial charge in [0.05, 0.1) is 13.1 Å². The molecule has 0 aliphatic carbocycles. The second kappa shape index (κ2) is 9.76. The molecule has 0 saturated carbocycles. The van der Waals surface area contributed by atoms with E-state index in [1.165, 1.54) is 0 Å². The summed E-state index contributed by atoms with van der Waals surface area (Å²) in [6, 6.07) is 13.7. The third-order valence-electron chi connectivity index (χ3n) is 5.61. The van der Waals surface area contributed by atoms with Crippen LogP contribution in [0.5, 0.6) is 0 Å². The highest BCUT2D eigenvalue weighted by Crippen LogP contribution is 2.39. The Labute approximate surface area is 207 Å². The summed E-state index contributed by atoms with van der Waals surface area (Å²) in [6.45, 7) is 1.03. The van der Waals surface area contributed by atoms with Gasteiger partial charge in [0, 0.05) is 35.4 Å². The monoisotopic (exact) mass is 514 g/mol. The molecule has 1 aliphatic rings. The number of carbonyl (C=O) groups is 1. The predicted octanol–water partition coefficient (Wildman–Crippen LogP) is 3.35. The van der Waals surface area contributed by atoms with Gasteiger partial charge in [-0.05, 0) is 29.1 Å². The molecule has 2 aromatic carbocycles. The van der Waals surface area contributed by atoms with Crippen LogP contribution in [0.15, 0.2) is 52.7 Å². The highest BCUT2D eigenvalue weighted by molar-refractivity contribution is 7.93. The molecule has 1 fully saturated rings. The topological polar surface area (TPSA) is 93.6 Å². The van der Waals surface area contributed by atoms with Gasteiger partial charge in [0.25, 0.3) is 0 Å². The number of halogens is 1. The van der Waals surface area contributed by atoms with Gasteiger partial charge in [-0.15, -0.1) is 17.8 Å². The van der Waals surface area contributed by atoms with E-state index in [0.717, 1.165) is 21.4 Å². The molecule has 1 atom stereocenters. The number of terminal acetylenes is 1. The number of fused-ring (bicyclic) bond motifs is 1. The molecule has 1 aromatic heterocycles. The number of benzene rings is 2. The van der Waals surface area contributed by atoms with Gasteiger partial charge in [0.1, 0.15) is 15.4 Å². The number of hydrogen-bond acceptors (Lipinski definition) is 6. The Balaban J connectivity index is 1.75. The number of sulfone groups is 1.